The molecule has 40 nitrogen and oxygen atoms in total. The number of H-pyrrole nitrogens is 1. The topological polar surface area (TPSA) is 615 Å². The Labute approximate surface area is 859 Å². The van der Waals surface area contributed by atoms with Crippen LogP contribution in [0.5, 0.6) is 5.75 Å². The number of aliphatic hydroxyl groups is 3. The van der Waals surface area contributed by atoms with Crippen molar-refractivity contribution < 1.29 is 130 Å². The van der Waals surface area contributed by atoms with Crippen molar-refractivity contribution in [3.8, 4) is 5.75 Å². The van der Waals surface area contributed by atoms with Gasteiger partial charge in [-0.05, 0) is 135 Å². The van der Waals surface area contributed by atoms with Crippen molar-refractivity contribution in [2.24, 2.45) is 34.1 Å². The average Bonchev–Trinajstić information content (AvgIpc) is 0.743. The van der Waals surface area contributed by atoms with Gasteiger partial charge in [-0.2, -0.15) is 25.3 Å². The molecule has 2 bridgehead atoms. The number of para-hydroxylation sites is 1. The fourth-order valence-corrected chi connectivity index (χ4v) is 19.9. The number of primary amides is 1. The number of fused-ring (bicyclic) bond motifs is 6. The van der Waals surface area contributed by atoms with Gasteiger partial charge in [-0.3, -0.25) is 67.1 Å². The van der Waals surface area contributed by atoms with E-state index < -0.39 is 269 Å². The highest BCUT2D eigenvalue weighted by molar-refractivity contribution is 7.80. The second-order valence-electron chi connectivity index (χ2n) is 38.4. The number of thiol groups is 2. The molecule has 4 aliphatic rings. The van der Waals surface area contributed by atoms with Gasteiger partial charge in [0.05, 0.1) is 35.7 Å². The third kappa shape index (κ3) is 27.1. The zero-order valence-electron chi connectivity index (χ0n) is 83.0. The number of rotatable bonds is 47. The molecule has 4 unspecified atom stereocenters. The summed E-state index contributed by atoms with van der Waals surface area (Å²) < 4.78 is 37.7. The second kappa shape index (κ2) is 50.5. The van der Waals surface area contributed by atoms with Crippen molar-refractivity contribution in [3.63, 3.8) is 0 Å². The van der Waals surface area contributed by atoms with Crippen molar-refractivity contribution in [2.75, 3.05) is 24.7 Å². The first kappa shape index (κ1) is 113. The Balaban J connectivity index is 0.839. The summed E-state index contributed by atoms with van der Waals surface area (Å²) in [5.74, 6) is -20.6. The summed E-state index contributed by atoms with van der Waals surface area (Å²) in [6, 6.07) is 28.5. The van der Waals surface area contributed by atoms with E-state index in [0.717, 1.165) is 13.8 Å². The number of nitrogens with two attached hydrogens (primary N) is 2. The average molecular weight is 2070 g/mol. The molecule has 147 heavy (non-hydrogen) atoms. The minimum Gasteiger partial charge on any atom is -0.508 e. The summed E-state index contributed by atoms with van der Waals surface area (Å²) in [6.07, 6.45) is -13.7. The molecule has 0 spiro atoms. The van der Waals surface area contributed by atoms with Crippen molar-refractivity contribution in [3.05, 3.63) is 221 Å². The third-order valence-electron chi connectivity index (χ3n) is 27.5. The van der Waals surface area contributed by atoms with E-state index in [2.05, 4.69) is 83.4 Å². The molecule has 3 fully saturated rings. The lowest BCUT2D eigenvalue weighted by atomic mass is 9.44. The number of benzene rings is 6. The zero-order valence-corrected chi connectivity index (χ0v) is 84.8. The van der Waals surface area contributed by atoms with Gasteiger partial charge >= 0.3 is 29.8 Å². The van der Waals surface area contributed by atoms with Crippen molar-refractivity contribution in [1.82, 2.24) is 58.2 Å². The molecule has 0 radical (unpaired) electrons. The fourth-order valence-electron chi connectivity index (χ4n) is 19.4. The highest BCUT2D eigenvalue weighted by Crippen LogP contribution is 2.65. The molecule has 42 heteroatoms. The van der Waals surface area contributed by atoms with Gasteiger partial charge in [-0.15, -0.1) is 0 Å². The third-order valence-corrected chi connectivity index (χ3v) is 28.3. The molecule has 7 aromatic rings. The van der Waals surface area contributed by atoms with Gasteiger partial charge in [0.25, 0.3) is 5.91 Å². The number of carbonyl (C=O) groups is 17. The Morgan fingerprint density at radius 2 is 1.07 bits per heavy atom. The standard InChI is InChI=1S/C105H129N13O27S2/c1-11-68(92(129)114-75(53-147)98(135)117-83(57(5)119)90(107)127)110-93(130)70(38-26-27-45-106)111-96(133)73(48-65-51-108-69-37-25-24-36-67(65)69)113-95(132)72(47-61-39-41-66(122)42-40-61)112-97(134)74(52-146)115-94(131)71(46-60-28-16-12-17-29-60)109-79(124)43-44-80(125)116-82(55(2)3)100(137)143-86(84(62-30-18-13-19-31-62)118-91(128)63-32-20-14-21-33-63)101(138)142-76-50-105(139)89(144-99(136)64-34-22-15-23-35-64)87-103(10,77(123)49-78-104(87,54-140-78)145-59(7)121)88(126)85(141-58(6)120)81(56(76)4)102(105,8)9/h12-25,28-37,39-42,51,55,57,68,70-78,82-87,89,108,119,122-123,139,146-147H,11,26-27,38,43-50,52-54,106H2,1-10H3,(H2,107,127)(H,109,124)(H,110,130)(H,111,133)(H,112,134)(H,113,132)(H,114,129)(H,115,131)(H,116,125)(H,117,135)(H,118,128)/t57-,68+,70+,71-,72+,73-,74+,75+,76?,77-,78+,82+,83+,84+,85-,86?,87?,89?,103+,104-,105+/m1/s1. The van der Waals surface area contributed by atoms with E-state index in [4.69, 9.17) is 39.9 Å². The number of hydrogen-bond donors (Lipinski definition) is 19. The summed E-state index contributed by atoms with van der Waals surface area (Å²) in [5.41, 5.74) is 4.46. The lowest BCUT2D eigenvalue weighted by Gasteiger charge is -2.67. The molecule has 6 aromatic carbocycles. The zero-order chi connectivity index (χ0) is 107. The van der Waals surface area contributed by atoms with Crippen LogP contribution in [-0.2, 0) is 120 Å². The maximum atomic E-state index is 16.2. The summed E-state index contributed by atoms with van der Waals surface area (Å²) >= 11 is 8.66. The summed E-state index contributed by atoms with van der Waals surface area (Å²) in [7, 11) is 0. The predicted octanol–water partition coefficient (Wildman–Crippen LogP) is 3.27. The van der Waals surface area contributed by atoms with Gasteiger partial charge in [0.2, 0.25) is 65.2 Å². The van der Waals surface area contributed by atoms with Crippen LogP contribution in [0.2, 0.25) is 0 Å². The predicted molar refractivity (Wildman–Crippen MR) is 539 cm³/mol. The number of aromatic amines is 1. The van der Waals surface area contributed by atoms with Crippen LogP contribution in [0.15, 0.2) is 187 Å². The molecule has 1 aliphatic heterocycles. The number of nitrogens with one attached hydrogen (secondary N) is 11. The van der Waals surface area contributed by atoms with Gasteiger partial charge in [-0.25, -0.2) is 14.4 Å². The molecule has 788 valence electrons. The van der Waals surface area contributed by atoms with E-state index in [1.807, 2.05) is 0 Å². The Bertz CT molecular complexity index is 5980. The van der Waals surface area contributed by atoms with Gasteiger partial charge < -0.3 is 118 Å². The SMILES string of the molecule is CC[C@H](NC(=O)[C@H](CCCCN)NC(=O)[C@@H](Cc1c[nH]c2ccccc12)NC(=O)[C@H](Cc1ccc(O)cc1)NC(=O)[C@H](CS)NC(=O)[C@@H](Cc1ccccc1)NC(=O)CCC(=O)N[C@H](C(=O)OC(C(=O)OC1C[C@]2(O)C(OC(=O)c3ccccc3)C3[C@@]4(OC(C)=O)CO[C@H]4C[C@@H](O)[C@]3(C)C(=O)[C@H](OC(C)=O)C(=C1C)C2(C)C)[C@@H](NC(=O)c1ccccc1)c1ccccc1)C(C)C)C(=O)N[C@@H](CS)C(=O)N[C@H](C(N)=O)[C@@H](C)O. The van der Waals surface area contributed by atoms with Crippen LogP contribution in [0.4, 0.5) is 0 Å². The van der Waals surface area contributed by atoms with Crippen LogP contribution in [0.1, 0.15) is 170 Å². The molecule has 21 atom stereocenters. The van der Waals surface area contributed by atoms with Crippen LogP contribution in [0, 0.1) is 22.7 Å². The molecule has 11 amide bonds. The largest absolute Gasteiger partial charge is 0.508 e. The van der Waals surface area contributed by atoms with Crippen LogP contribution in [-0.4, -0.2) is 259 Å². The number of aromatic hydroxyl groups is 1. The number of phenols is 1. The number of esters is 5. The number of aromatic nitrogens is 1. The highest BCUT2D eigenvalue weighted by Gasteiger charge is 2.79. The molecule has 11 rings (SSSR count). The number of hydrogen-bond acceptors (Lipinski definition) is 30. The minimum atomic E-state index is -2.66. The number of phenolic OH excluding ortho intramolecular Hbond substituents is 1. The van der Waals surface area contributed by atoms with Crippen molar-refractivity contribution >= 4 is 137 Å². The Morgan fingerprint density at radius 3 is 1.61 bits per heavy atom. The molecule has 1 saturated heterocycles. The molecular weight excluding hydrogens is 1940 g/mol. The number of ketones is 1. The quantitative estimate of drug-likeness (QED) is 0.00855. The van der Waals surface area contributed by atoms with Gasteiger partial charge in [0.1, 0.15) is 90.1 Å². The maximum Gasteiger partial charge on any atom is 0.350 e. The van der Waals surface area contributed by atoms with Crippen LogP contribution in [0.3, 0.4) is 0 Å². The van der Waals surface area contributed by atoms with Crippen LogP contribution in [0.25, 0.3) is 10.9 Å². The number of ether oxygens (including phenoxy) is 6. The molecule has 2 saturated carbocycles. The lowest BCUT2D eigenvalue weighted by molar-refractivity contribution is -0.346. The Kier molecular flexibility index (Phi) is 38.9. The second-order valence-corrected chi connectivity index (χ2v) is 39.1. The summed E-state index contributed by atoms with van der Waals surface area (Å²) in [4.78, 5) is 251. The van der Waals surface area contributed by atoms with Crippen molar-refractivity contribution in [2.45, 2.75) is 254 Å². The summed E-state index contributed by atoms with van der Waals surface area (Å²) in [5, 5.41) is 74.3. The number of aliphatic hydroxyl groups excluding tert-OH is 2. The number of amides is 11. The van der Waals surface area contributed by atoms with Crippen molar-refractivity contribution in [1.29, 1.82) is 0 Å². The van der Waals surface area contributed by atoms with Gasteiger partial charge in [0.15, 0.2) is 17.5 Å². The van der Waals surface area contributed by atoms with E-state index in [-0.39, 0.29) is 90.8 Å². The monoisotopic (exact) mass is 2070 g/mol. The molecule has 1 aromatic heterocycles. The first-order chi connectivity index (χ1) is 69.8. The highest BCUT2D eigenvalue weighted by atomic mass is 32.1. The molecule has 3 aliphatic carbocycles. The molecular formula is C105H129N13O27S2. The van der Waals surface area contributed by atoms with E-state index in [1.165, 1.54) is 121 Å². The smallest absolute Gasteiger partial charge is 0.350 e. The van der Waals surface area contributed by atoms with E-state index in [1.54, 1.807) is 110 Å². The van der Waals surface area contributed by atoms with Crippen LogP contribution < -0.4 is 64.6 Å². The molecule has 19 N–H and O–H groups in total. The number of carbonyl (C=O) groups excluding carboxylic acids is 17. The van der Waals surface area contributed by atoms with E-state index in [9.17, 15) is 78.0 Å². The van der Waals surface area contributed by atoms with Gasteiger partial charge in [0, 0.05) is 98.4 Å². The van der Waals surface area contributed by atoms with E-state index >= 15 is 24.0 Å². The maximum absolute atomic E-state index is 16.2. The molecule has 2 heterocycles. The van der Waals surface area contributed by atoms with Gasteiger partial charge in [-0.1, -0.05) is 162 Å². The Morgan fingerprint density at radius 1 is 0.565 bits per heavy atom. The normalized spacial score (nSPS) is 22.0. The lowest BCUT2D eigenvalue weighted by Crippen LogP contribution is -2.82. The fraction of sp³-hybridized carbons (Fsp3) is 0.457. The van der Waals surface area contributed by atoms with Crippen LogP contribution >= 0.6 is 25.3 Å². The number of Topliss-reactive ketones (excluding diaryl/α,β-unsaturated/α-hetero) is 1. The van der Waals surface area contributed by atoms with E-state index in [0.29, 0.717) is 34.0 Å². The first-order valence-electron chi connectivity index (χ1n) is 48.5. The minimum absolute atomic E-state index is 0.0237. The Hall–Kier alpha value is -13.9. The number of unbranched alkanes of at least 4 members (excludes halogenated alkanes) is 1. The first-order valence-corrected chi connectivity index (χ1v) is 49.8. The summed E-state index contributed by atoms with van der Waals surface area (Å²) in [6.45, 7) is 13.3.